The molecule has 0 atom stereocenters. The van der Waals surface area contributed by atoms with E-state index >= 15 is 0 Å². The van der Waals surface area contributed by atoms with Crippen molar-refractivity contribution in [2.75, 3.05) is 6.61 Å². The van der Waals surface area contributed by atoms with Crippen molar-refractivity contribution in [2.24, 2.45) is 0 Å². The molecule has 0 aliphatic carbocycles. The average molecular weight is 261 g/mol. The minimum absolute atomic E-state index is 0. The summed E-state index contributed by atoms with van der Waals surface area (Å²) in [5, 5.41) is 8.57. The van der Waals surface area contributed by atoms with Crippen molar-refractivity contribution in [2.45, 2.75) is 20.8 Å². The second-order valence-corrected chi connectivity index (χ2v) is 3.04. The topological polar surface area (TPSA) is 63.6 Å². The molecule has 1 rings (SSSR count). The number of esters is 1. The zero-order valence-corrected chi connectivity index (χ0v) is 10.9. The summed E-state index contributed by atoms with van der Waals surface area (Å²) >= 11 is 0. The third-order valence-corrected chi connectivity index (χ3v) is 1.72. The van der Waals surface area contributed by atoms with Crippen LogP contribution in [0.3, 0.4) is 0 Å². The molecule has 0 radical (unpaired) electrons. The summed E-state index contributed by atoms with van der Waals surface area (Å²) in [6.07, 6.45) is 0. The number of carboxylic acid groups (broad SMARTS) is 1. The van der Waals surface area contributed by atoms with Crippen LogP contribution in [0.15, 0.2) is 24.3 Å². The molecule has 4 nitrogen and oxygen atoms in total. The molecule has 17 heavy (non-hydrogen) atoms. The maximum absolute atomic E-state index is 10.4. The van der Waals surface area contributed by atoms with Crippen LogP contribution in [0.5, 0.6) is 0 Å². The fraction of sp³-hybridized carbons (Fsp3) is 0.333. The monoisotopic (exact) mass is 260 g/mol. The van der Waals surface area contributed by atoms with Crippen LogP contribution < -0.4 is 0 Å². The summed E-state index contributed by atoms with van der Waals surface area (Å²) in [6.45, 7) is 5.43. The highest BCUT2D eigenvalue weighted by Crippen LogP contribution is 2.05. The molecule has 0 fully saturated rings. The van der Waals surface area contributed by atoms with Crippen molar-refractivity contribution >= 4 is 24.3 Å². The molecule has 0 aromatic heterocycles. The Bertz CT molecular complexity index is 363. The Balaban J connectivity index is 0. The number of hydrogen-bond donors (Lipinski definition) is 1. The molecule has 0 aliphatic heterocycles. The number of carbonyl (C=O) groups is 2. The summed E-state index contributed by atoms with van der Waals surface area (Å²) in [5.41, 5.74) is 1.18. The molecule has 0 bridgehead atoms. The maximum atomic E-state index is 10.4. The van der Waals surface area contributed by atoms with Crippen molar-refractivity contribution in [1.29, 1.82) is 0 Å². The van der Waals surface area contributed by atoms with E-state index in [1.165, 1.54) is 6.92 Å². The molecule has 5 heteroatoms. The number of ether oxygens (including phenoxy) is 1. The number of aryl methyl sites for hydroxylation is 1. The molecule has 0 amide bonds. The van der Waals surface area contributed by atoms with E-state index in [2.05, 4.69) is 4.74 Å². The third-order valence-electron chi connectivity index (χ3n) is 1.72. The summed E-state index contributed by atoms with van der Waals surface area (Å²) in [7, 11) is 0. The smallest absolute Gasteiger partial charge is 0.335 e. The van der Waals surface area contributed by atoms with Gasteiger partial charge >= 0.3 is 11.9 Å². The van der Waals surface area contributed by atoms with E-state index < -0.39 is 5.97 Å². The predicted molar refractivity (Wildman–Crippen MR) is 67.7 cm³/mol. The van der Waals surface area contributed by atoms with Crippen LogP contribution >= 0.6 is 12.4 Å². The molecule has 1 aromatic rings. The SMILES string of the molecule is CCOC(C)=O.Cc1ccccc1C(=O)O.Cl. The van der Waals surface area contributed by atoms with Gasteiger partial charge in [0.1, 0.15) is 0 Å². The lowest BCUT2D eigenvalue weighted by Crippen LogP contribution is -1.97. The molecule has 0 saturated carbocycles. The van der Waals surface area contributed by atoms with Gasteiger partial charge in [0.25, 0.3) is 0 Å². The Hall–Kier alpha value is -1.55. The second kappa shape index (κ2) is 9.66. The zero-order chi connectivity index (χ0) is 12.6. The van der Waals surface area contributed by atoms with Crippen molar-refractivity contribution < 1.29 is 19.4 Å². The zero-order valence-electron chi connectivity index (χ0n) is 10.1. The molecular formula is C12H17ClO4. The van der Waals surface area contributed by atoms with E-state index in [1.807, 2.05) is 6.07 Å². The van der Waals surface area contributed by atoms with Crippen LogP contribution in [0, 0.1) is 6.92 Å². The highest BCUT2D eigenvalue weighted by atomic mass is 35.5. The maximum Gasteiger partial charge on any atom is 0.335 e. The lowest BCUT2D eigenvalue weighted by molar-refractivity contribution is -0.140. The van der Waals surface area contributed by atoms with E-state index in [4.69, 9.17) is 5.11 Å². The Morgan fingerprint density at radius 1 is 1.29 bits per heavy atom. The van der Waals surface area contributed by atoms with Gasteiger partial charge in [0.2, 0.25) is 0 Å². The lowest BCUT2D eigenvalue weighted by Gasteiger charge is -1.96. The summed E-state index contributed by atoms with van der Waals surface area (Å²) in [6, 6.07) is 6.92. The fourth-order valence-corrected chi connectivity index (χ4v) is 1.02. The number of carbonyl (C=O) groups excluding carboxylic acids is 1. The molecular weight excluding hydrogens is 244 g/mol. The molecule has 96 valence electrons. The molecule has 0 heterocycles. The lowest BCUT2D eigenvalue weighted by atomic mass is 10.1. The van der Waals surface area contributed by atoms with E-state index in [9.17, 15) is 9.59 Å². The van der Waals surface area contributed by atoms with Crippen molar-refractivity contribution in [3.05, 3.63) is 35.4 Å². The second-order valence-electron chi connectivity index (χ2n) is 3.04. The highest BCUT2D eigenvalue weighted by molar-refractivity contribution is 5.89. The number of halogens is 1. The first-order valence-electron chi connectivity index (χ1n) is 4.91. The molecule has 0 spiro atoms. The van der Waals surface area contributed by atoms with Gasteiger partial charge in [-0.05, 0) is 25.5 Å². The van der Waals surface area contributed by atoms with Crippen LogP contribution in [0.1, 0.15) is 29.8 Å². The van der Waals surface area contributed by atoms with Crippen molar-refractivity contribution in [3.8, 4) is 0 Å². The fourth-order valence-electron chi connectivity index (χ4n) is 1.02. The first kappa shape index (κ1) is 17.8. The van der Waals surface area contributed by atoms with Gasteiger partial charge in [0.05, 0.1) is 12.2 Å². The number of benzene rings is 1. The van der Waals surface area contributed by atoms with Gasteiger partial charge < -0.3 is 9.84 Å². The number of hydrogen-bond acceptors (Lipinski definition) is 3. The standard InChI is InChI=1S/C8H8O2.C4H8O2.ClH/c1-6-4-2-3-5-7(6)8(9)10;1-3-6-4(2)5;/h2-5H,1H3,(H,9,10);3H2,1-2H3;1H. The van der Waals surface area contributed by atoms with E-state index in [0.29, 0.717) is 12.2 Å². The largest absolute Gasteiger partial charge is 0.478 e. The summed E-state index contributed by atoms with van der Waals surface area (Å²) in [4.78, 5) is 20.2. The average Bonchev–Trinajstić information content (AvgIpc) is 2.18. The minimum Gasteiger partial charge on any atom is -0.478 e. The Kier molecular flexibility index (Phi) is 10.1. The Morgan fingerprint density at radius 3 is 2.06 bits per heavy atom. The Labute approximate surface area is 107 Å². The molecule has 0 unspecified atom stereocenters. The van der Waals surface area contributed by atoms with E-state index in [1.54, 1.807) is 32.0 Å². The molecule has 1 N–H and O–H groups in total. The Morgan fingerprint density at radius 2 is 1.82 bits per heavy atom. The van der Waals surface area contributed by atoms with Crippen LogP contribution in [0.25, 0.3) is 0 Å². The van der Waals surface area contributed by atoms with Gasteiger partial charge in [0, 0.05) is 6.92 Å². The van der Waals surface area contributed by atoms with Gasteiger partial charge in [-0.3, -0.25) is 4.79 Å². The molecule has 0 aliphatic rings. The molecule has 0 saturated heterocycles. The third kappa shape index (κ3) is 8.28. The van der Waals surface area contributed by atoms with Crippen molar-refractivity contribution in [3.63, 3.8) is 0 Å². The van der Waals surface area contributed by atoms with Gasteiger partial charge in [-0.2, -0.15) is 0 Å². The normalized spacial score (nSPS) is 8.18. The van der Waals surface area contributed by atoms with Gasteiger partial charge in [-0.15, -0.1) is 12.4 Å². The van der Waals surface area contributed by atoms with Crippen LogP contribution in [0.2, 0.25) is 0 Å². The molecule has 1 aromatic carbocycles. The van der Waals surface area contributed by atoms with Gasteiger partial charge in [-0.25, -0.2) is 4.79 Å². The minimum atomic E-state index is -0.863. The first-order chi connectivity index (χ1) is 7.49. The summed E-state index contributed by atoms with van der Waals surface area (Å²) < 4.78 is 4.40. The van der Waals surface area contributed by atoms with E-state index in [-0.39, 0.29) is 18.4 Å². The van der Waals surface area contributed by atoms with Gasteiger partial charge in [0.15, 0.2) is 0 Å². The van der Waals surface area contributed by atoms with E-state index in [0.717, 1.165) is 5.56 Å². The highest BCUT2D eigenvalue weighted by Gasteiger charge is 2.02. The number of aromatic carboxylic acids is 1. The quantitative estimate of drug-likeness (QED) is 0.831. The summed E-state index contributed by atoms with van der Waals surface area (Å²) in [5.74, 6) is -1.07. The van der Waals surface area contributed by atoms with Crippen LogP contribution in [-0.2, 0) is 9.53 Å². The van der Waals surface area contributed by atoms with Gasteiger partial charge in [-0.1, -0.05) is 18.2 Å². The van der Waals surface area contributed by atoms with Crippen LogP contribution in [-0.4, -0.2) is 23.7 Å². The van der Waals surface area contributed by atoms with Crippen LogP contribution in [0.4, 0.5) is 0 Å². The number of rotatable bonds is 2. The number of carboxylic acids is 1. The van der Waals surface area contributed by atoms with Crippen molar-refractivity contribution in [1.82, 2.24) is 0 Å². The predicted octanol–water partition coefficient (Wildman–Crippen LogP) is 2.68. The first-order valence-corrected chi connectivity index (χ1v) is 4.91.